The van der Waals surface area contributed by atoms with Crippen LogP contribution >= 0.6 is 11.8 Å². The highest BCUT2D eigenvalue weighted by Gasteiger charge is 2.05. The average molecular weight is 231 g/mol. The number of rotatable bonds is 4. The summed E-state index contributed by atoms with van der Waals surface area (Å²) in [4.78, 5) is 1.12. The van der Waals surface area contributed by atoms with E-state index in [-0.39, 0.29) is 5.75 Å². The molecular weight excluding hydrogens is 218 g/mol. The molecule has 14 heavy (non-hydrogen) atoms. The fourth-order valence-electron chi connectivity index (χ4n) is 0.911. The second-order valence-corrected chi connectivity index (χ2v) is 5.62. The molecule has 0 fully saturated rings. The molecule has 3 nitrogen and oxygen atoms in total. The summed E-state index contributed by atoms with van der Waals surface area (Å²) in [5.74, 6) is 0.0945. The van der Waals surface area contributed by atoms with Gasteiger partial charge < -0.3 is 0 Å². The van der Waals surface area contributed by atoms with Crippen molar-refractivity contribution < 1.29 is 8.42 Å². The first-order chi connectivity index (χ1) is 6.57. The van der Waals surface area contributed by atoms with E-state index in [2.05, 4.69) is 4.72 Å². The third kappa shape index (κ3) is 3.23. The van der Waals surface area contributed by atoms with Crippen LogP contribution in [0.25, 0.3) is 0 Å². The van der Waals surface area contributed by atoms with E-state index >= 15 is 0 Å². The third-order valence-electron chi connectivity index (χ3n) is 1.74. The topological polar surface area (TPSA) is 46.2 Å². The molecule has 0 bridgehead atoms. The quantitative estimate of drug-likeness (QED) is 0.808. The van der Waals surface area contributed by atoms with Gasteiger partial charge in [-0.3, -0.25) is 4.72 Å². The van der Waals surface area contributed by atoms with Gasteiger partial charge in [-0.05, 0) is 37.4 Å². The smallest absolute Gasteiger partial charge is 0.232 e. The van der Waals surface area contributed by atoms with Crippen molar-refractivity contribution in [2.75, 3.05) is 16.7 Å². The Morgan fingerprint density at radius 1 is 1.29 bits per heavy atom. The van der Waals surface area contributed by atoms with Gasteiger partial charge in [0.05, 0.1) is 5.75 Å². The Labute approximate surface area is 89.0 Å². The van der Waals surface area contributed by atoms with Crippen molar-refractivity contribution in [1.82, 2.24) is 0 Å². The maximum Gasteiger partial charge on any atom is 0.232 e. The molecule has 1 N–H and O–H groups in total. The van der Waals surface area contributed by atoms with E-state index in [0.717, 1.165) is 4.90 Å². The van der Waals surface area contributed by atoms with Gasteiger partial charge in [-0.1, -0.05) is 0 Å². The first kappa shape index (κ1) is 11.4. The SMILES string of the molecule is CCS(=O)(=O)Nc1ccc(SC)cc1. The lowest BCUT2D eigenvalue weighted by Gasteiger charge is -2.05. The molecule has 1 aromatic rings. The summed E-state index contributed by atoms with van der Waals surface area (Å²) in [5, 5.41) is 0. The lowest BCUT2D eigenvalue weighted by molar-refractivity contribution is 0.602. The van der Waals surface area contributed by atoms with Crippen molar-refractivity contribution in [3.8, 4) is 0 Å². The second-order valence-electron chi connectivity index (χ2n) is 2.73. The Hall–Kier alpha value is -0.680. The van der Waals surface area contributed by atoms with E-state index < -0.39 is 10.0 Å². The summed E-state index contributed by atoms with van der Waals surface area (Å²) in [6.45, 7) is 1.61. The zero-order valence-electron chi connectivity index (χ0n) is 8.15. The first-order valence-electron chi connectivity index (χ1n) is 4.22. The predicted octanol–water partition coefficient (Wildman–Crippen LogP) is 2.17. The minimum Gasteiger partial charge on any atom is -0.284 e. The molecule has 1 rings (SSSR count). The van der Waals surface area contributed by atoms with Crippen molar-refractivity contribution in [2.45, 2.75) is 11.8 Å². The van der Waals surface area contributed by atoms with E-state index in [4.69, 9.17) is 0 Å². The Kier molecular flexibility index (Phi) is 3.83. The summed E-state index contributed by atoms with van der Waals surface area (Å²) in [6, 6.07) is 7.30. The molecule has 0 saturated heterocycles. The number of anilines is 1. The lowest BCUT2D eigenvalue weighted by atomic mass is 10.3. The molecule has 1 aromatic carbocycles. The number of thioether (sulfide) groups is 1. The van der Waals surface area contributed by atoms with Crippen LogP contribution in [-0.2, 0) is 10.0 Å². The van der Waals surface area contributed by atoms with Crippen LogP contribution in [0.4, 0.5) is 5.69 Å². The second kappa shape index (κ2) is 4.70. The molecule has 0 heterocycles. The van der Waals surface area contributed by atoms with Gasteiger partial charge in [0, 0.05) is 10.6 Å². The summed E-state index contributed by atoms with van der Waals surface area (Å²) in [6.07, 6.45) is 1.98. The zero-order valence-corrected chi connectivity index (χ0v) is 9.78. The minimum absolute atomic E-state index is 0.0945. The first-order valence-corrected chi connectivity index (χ1v) is 7.09. The highest BCUT2D eigenvalue weighted by atomic mass is 32.2. The van der Waals surface area contributed by atoms with Crippen molar-refractivity contribution >= 4 is 27.5 Å². The molecule has 0 aromatic heterocycles. The predicted molar refractivity (Wildman–Crippen MR) is 61.3 cm³/mol. The molecule has 0 unspecified atom stereocenters. The number of sulfonamides is 1. The molecule has 78 valence electrons. The molecule has 0 saturated carbocycles. The monoisotopic (exact) mass is 231 g/mol. The molecule has 0 radical (unpaired) electrons. The molecule has 0 aliphatic heterocycles. The highest BCUT2D eigenvalue weighted by molar-refractivity contribution is 7.98. The number of benzene rings is 1. The Bertz CT molecular complexity index is 384. The van der Waals surface area contributed by atoms with Crippen LogP contribution in [0.5, 0.6) is 0 Å². The Morgan fingerprint density at radius 3 is 2.29 bits per heavy atom. The maximum atomic E-state index is 11.2. The van der Waals surface area contributed by atoms with Gasteiger partial charge in [-0.2, -0.15) is 0 Å². The van der Waals surface area contributed by atoms with Crippen molar-refractivity contribution in [3.05, 3.63) is 24.3 Å². The van der Waals surface area contributed by atoms with Crippen LogP contribution in [0, 0.1) is 0 Å². The van der Waals surface area contributed by atoms with E-state index in [9.17, 15) is 8.42 Å². The zero-order chi connectivity index (χ0) is 10.6. The van der Waals surface area contributed by atoms with Crippen LogP contribution in [-0.4, -0.2) is 20.4 Å². The van der Waals surface area contributed by atoms with Crippen LogP contribution in [0.2, 0.25) is 0 Å². The van der Waals surface area contributed by atoms with Gasteiger partial charge in [0.1, 0.15) is 0 Å². The van der Waals surface area contributed by atoms with Crippen LogP contribution in [0.15, 0.2) is 29.2 Å². The van der Waals surface area contributed by atoms with Crippen molar-refractivity contribution in [2.24, 2.45) is 0 Å². The fraction of sp³-hybridized carbons (Fsp3) is 0.333. The molecule has 0 spiro atoms. The van der Waals surface area contributed by atoms with Crippen LogP contribution in [0.1, 0.15) is 6.92 Å². The summed E-state index contributed by atoms with van der Waals surface area (Å²) >= 11 is 1.62. The standard InChI is InChI=1S/C9H13NO2S2/c1-3-14(11,12)10-8-4-6-9(13-2)7-5-8/h4-7,10H,3H2,1-2H3. The molecule has 0 amide bonds. The van der Waals surface area contributed by atoms with E-state index in [1.165, 1.54) is 0 Å². The normalized spacial score (nSPS) is 11.3. The summed E-state index contributed by atoms with van der Waals surface area (Å²) in [7, 11) is -3.15. The fourth-order valence-corrected chi connectivity index (χ4v) is 1.96. The average Bonchev–Trinajstić information content (AvgIpc) is 2.19. The van der Waals surface area contributed by atoms with Gasteiger partial charge in [-0.15, -0.1) is 11.8 Å². The lowest BCUT2D eigenvalue weighted by Crippen LogP contribution is -2.14. The van der Waals surface area contributed by atoms with Crippen LogP contribution < -0.4 is 4.72 Å². The minimum atomic E-state index is -3.15. The molecule has 0 atom stereocenters. The Morgan fingerprint density at radius 2 is 1.86 bits per heavy atom. The third-order valence-corrected chi connectivity index (χ3v) is 3.79. The van der Waals surface area contributed by atoms with Crippen molar-refractivity contribution in [3.63, 3.8) is 0 Å². The van der Waals surface area contributed by atoms with Crippen LogP contribution in [0.3, 0.4) is 0 Å². The number of hydrogen-bond acceptors (Lipinski definition) is 3. The van der Waals surface area contributed by atoms with E-state index in [0.29, 0.717) is 5.69 Å². The molecule has 0 aliphatic rings. The largest absolute Gasteiger partial charge is 0.284 e. The van der Waals surface area contributed by atoms with E-state index in [1.54, 1.807) is 30.8 Å². The summed E-state index contributed by atoms with van der Waals surface area (Å²) in [5.41, 5.74) is 0.615. The van der Waals surface area contributed by atoms with Gasteiger partial charge in [0.2, 0.25) is 10.0 Å². The molecule has 5 heteroatoms. The number of nitrogens with one attached hydrogen (secondary N) is 1. The van der Waals surface area contributed by atoms with Gasteiger partial charge in [0.25, 0.3) is 0 Å². The van der Waals surface area contributed by atoms with E-state index in [1.807, 2.05) is 18.4 Å². The number of hydrogen-bond donors (Lipinski definition) is 1. The molecule has 0 aliphatic carbocycles. The Balaban J connectivity index is 2.79. The summed E-state index contributed by atoms with van der Waals surface area (Å²) < 4.78 is 24.9. The molecular formula is C9H13NO2S2. The maximum absolute atomic E-state index is 11.2. The van der Waals surface area contributed by atoms with Gasteiger partial charge in [0.15, 0.2) is 0 Å². The van der Waals surface area contributed by atoms with Gasteiger partial charge in [-0.25, -0.2) is 8.42 Å². The highest BCUT2D eigenvalue weighted by Crippen LogP contribution is 2.18. The van der Waals surface area contributed by atoms with Gasteiger partial charge >= 0.3 is 0 Å². The van der Waals surface area contributed by atoms with Crippen molar-refractivity contribution in [1.29, 1.82) is 0 Å².